The molecule has 2 N–H and O–H groups in total. The van der Waals surface area contributed by atoms with E-state index in [1.807, 2.05) is 19.1 Å². The Labute approximate surface area is 124 Å². The molecule has 0 saturated heterocycles. The second-order valence-corrected chi connectivity index (χ2v) is 5.08. The minimum Gasteiger partial charge on any atom is -0.399 e. The lowest BCUT2D eigenvalue weighted by Crippen LogP contribution is -2.23. The summed E-state index contributed by atoms with van der Waals surface area (Å²) >= 11 is 0. The minimum atomic E-state index is 0.217. The zero-order chi connectivity index (χ0) is 15.4. The highest BCUT2D eigenvalue weighted by Gasteiger charge is 2.04. The molecule has 0 saturated carbocycles. The van der Waals surface area contributed by atoms with Gasteiger partial charge < -0.3 is 10.6 Å². The molecule has 4 heteroatoms. The predicted octanol–water partition coefficient (Wildman–Crippen LogP) is 3.01. The number of aliphatic imine (C=N–C) groups is 2. The van der Waals surface area contributed by atoms with Gasteiger partial charge in [0.25, 0.3) is 0 Å². The maximum absolute atomic E-state index is 5.81. The summed E-state index contributed by atoms with van der Waals surface area (Å²) in [5.74, 6) is 0.601. The van der Waals surface area contributed by atoms with E-state index in [1.165, 1.54) is 12.8 Å². The topological polar surface area (TPSA) is 54.0 Å². The third-order valence-corrected chi connectivity index (χ3v) is 2.99. The molecule has 4 nitrogen and oxygen atoms in total. The predicted molar refractivity (Wildman–Crippen MR) is 90.6 cm³/mol. The SMILES string of the molecule is C=NC(C=C(N)/C=C\C)=NC(C)CCN(C)CCCC. The van der Waals surface area contributed by atoms with Crippen LogP contribution in [0, 0.1) is 0 Å². The van der Waals surface area contributed by atoms with Gasteiger partial charge in [-0.2, -0.15) is 0 Å². The minimum absolute atomic E-state index is 0.217. The van der Waals surface area contributed by atoms with Gasteiger partial charge in [0.1, 0.15) is 5.84 Å². The van der Waals surface area contributed by atoms with Crippen molar-refractivity contribution in [3.05, 3.63) is 23.9 Å². The molecule has 20 heavy (non-hydrogen) atoms. The summed E-state index contributed by atoms with van der Waals surface area (Å²) in [6, 6.07) is 0.217. The molecule has 0 amide bonds. The summed E-state index contributed by atoms with van der Waals surface area (Å²) in [7, 11) is 2.16. The Hall–Kier alpha value is -1.42. The van der Waals surface area contributed by atoms with Crippen molar-refractivity contribution in [1.82, 2.24) is 4.90 Å². The van der Waals surface area contributed by atoms with Crippen LogP contribution in [0.3, 0.4) is 0 Å². The summed E-state index contributed by atoms with van der Waals surface area (Å²) in [5, 5.41) is 0. The van der Waals surface area contributed by atoms with Crippen LogP contribution in [-0.2, 0) is 0 Å². The molecule has 0 rings (SSSR count). The summed E-state index contributed by atoms with van der Waals surface area (Å²) in [5.41, 5.74) is 6.46. The Morgan fingerprint density at radius 2 is 2.10 bits per heavy atom. The summed E-state index contributed by atoms with van der Waals surface area (Å²) in [6.45, 7) is 12.0. The monoisotopic (exact) mass is 278 g/mol. The first-order valence-corrected chi connectivity index (χ1v) is 7.36. The molecule has 0 heterocycles. The molecule has 1 unspecified atom stereocenters. The first kappa shape index (κ1) is 18.6. The van der Waals surface area contributed by atoms with Gasteiger partial charge in [-0.3, -0.25) is 4.99 Å². The van der Waals surface area contributed by atoms with Crippen LogP contribution in [0.15, 0.2) is 33.9 Å². The molecule has 0 aliphatic carbocycles. The van der Waals surface area contributed by atoms with Gasteiger partial charge in [0.05, 0.1) is 6.04 Å². The van der Waals surface area contributed by atoms with Gasteiger partial charge in [-0.15, -0.1) is 0 Å². The van der Waals surface area contributed by atoms with Gasteiger partial charge >= 0.3 is 0 Å². The van der Waals surface area contributed by atoms with Crippen LogP contribution in [0.2, 0.25) is 0 Å². The van der Waals surface area contributed by atoms with E-state index in [2.05, 4.69) is 42.5 Å². The molecule has 1 atom stereocenters. The number of hydrogen-bond donors (Lipinski definition) is 1. The van der Waals surface area contributed by atoms with Crippen molar-refractivity contribution in [3.8, 4) is 0 Å². The van der Waals surface area contributed by atoms with Crippen molar-refractivity contribution in [2.45, 2.75) is 46.1 Å². The van der Waals surface area contributed by atoms with E-state index in [4.69, 9.17) is 5.73 Å². The van der Waals surface area contributed by atoms with E-state index in [9.17, 15) is 0 Å². The van der Waals surface area contributed by atoms with E-state index >= 15 is 0 Å². The summed E-state index contributed by atoms with van der Waals surface area (Å²) in [4.78, 5) is 10.8. The summed E-state index contributed by atoms with van der Waals surface area (Å²) < 4.78 is 0. The Balaban J connectivity index is 4.38. The van der Waals surface area contributed by atoms with Crippen molar-refractivity contribution in [1.29, 1.82) is 0 Å². The zero-order valence-electron chi connectivity index (χ0n) is 13.5. The maximum Gasteiger partial charge on any atom is 0.148 e. The molecule has 0 bridgehead atoms. The van der Waals surface area contributed by atoms with Crippen LogP contribution in [0.4, 0.5) is 0 Å². The fraction of sp³-hybridized carbons (Fsp3) is 0.625. The third kappa shape index (κ3) is 9.50. The van der Waals surface area contributed by atoms with E-state index in [-0.39, 0.29) is 6.04 Å². The van der Waals surface area contributed by atoms with Gasteiger partial charge in [0.15, 0.2) is 0 Å². The average Bonchev–Trinajstić information content (AvgIpc) is 2.42. The average molecular weight is 278 g/mol. The normalized spacial score (nSPS) is 15.1. The lowest BCUT2D eigenvalue weighted by molar-refractivity contribution is 0.316. The lowest BCUT2D eigenvalue weighted by Gasteiger charge is -2.17. The summed E-state index contributed by atoms with van der Waals surface area (Å²) in [6.07, 6.45) is 8.96. The highest BCUT2D eigenvalue weighted by molar-refractivity contribution is 5.96. The molecule has 0 spiro atoms. The highest BCUT2D eigenvalue weighted by atomic mass is 15.1. The smallest absolute Gasteiger partial charge is 0.148 e. The fourth-order valence-corrected chi connectivity index (χ4v) is 1.75. The lowest BCUT2D eigenvalue weighted by atomic mass is 10.2. The number of rotatable bonds is 9. The van der Waals surface area contributed by atoms with Crippen molar-refractivity contribution in [2.24, 2.45) is 15.7 Å². The van der Waals surface area contributed by atoms with E-state index in [0.717, 1.165) is 19.5 Å². The largest absolute Gasteiger partial charge is 0.399 e. The molecule has 0 fully saturated rings. The highest BCUT2D eigenvalue weighted by Crippen LogP contribution is 2.03. The molecule has 0 radical (unpaired) electrons. The number of unbranched alkanes of at least 4 members (excludes halogenated alkanes) is 1. The van der Waals surface area contributed by atoms with Gasteiger partial charge in [-0.1, -0.05) is 19.4 Å². The molecule has 0 aliphatic rings. The first-order chi connectivity index (χ1) is 9.53. The molecule has 0 aromatic carbocycles. The number of nitrogens with zero attached hydrogens (tertiary/aromatic N) is 3. The van der Waals surface area contributed by atoms with Crippen molar-refractivity contribution in [3.63, 3.8) is 0 Å². The second kappa shape index (κ2) is 11.4. The molecule has 0 aromatic rings. The van der Waals surface area contributed by atoms with Crippen LogP contribution >= 0.6 is 0 Å². The van der Waals surface area contributed by atoms with Gasteiger partial charge in [-0.25, -0.2) is 4.99 Å². The Kier molecular flexibility index (Phi) is 10.6. The van der Waals surface area contributed by atoms with Gasteiger partial charge in [0.2, 0.25) is 0 Å². The second-order valence-electron chi connectivity index (χ2n) is 5.08. The quantitative estimate of drug-likeness (QED) is 0.400. The first-order valence-electron chi connectivity index (χ1n) is 7.36. The van der Waals surface area contributed by atoms with Crippen molar-refractivity contribution >= 4 is 12.6 Å². The fourth-order valence-electron chi connectivity index (χ4n) is 1.75. The van der Waals surface area contributed by atoms with Gasteiger partial charge in [-0.05, 0) is 59.6 Å². The van der Waals surface area contributed by atoms with Crippen LogP contribution in [0.1, 0.15) is 40.0 Å². The van der Waals surface area contributed by atoms with Crippen molar-refractivity contribution in [2.75, 3.05) is 20.1 Å². The molecule has 0 aliphatic heterocycles. The number of nitrogens with two attached hydrogens (primary N) is 1. The third-order valence-electron chi connectivity index (χ3n) is 2.99. The zero-order valence-corrected chi connectivity index (χ0v) is 13.5. The Morgan fingerprint density at radius 1 is 1.40 bits per heavy atom. The molecule has 114 valence electrons. The maximum atomic E-state index is 5.81. The van der Waals surface area contributed by atoms with Gasteiger partial charge in [0, 0.05) is 11.8 Å². The Morgan fingerprint density at radius 3 is 2.65 bits per heavy atom. The van der Waals surface area contributed by atoms with E-state index in [1.54, 1.807) is 6.08 Å². The Bertz CT molecular complexity index is 355. The van der Waals surface area contributed by atoms with Crippen LogP contribution < -0.4 is 5.73 Å². The van der Waals surface area contributed by atoms with Crippen molar-refractivity contribution < 1.29 is 0 Å². The molecular weight excluding hydrogens is 248 g/mol. The number of amidine groups is 1. The standard InChI is InChI=1S/C16H30N4/c1-6-8-11-20(5)12-10-14(3)19-16(18-4)13-15(17)9-7-2/h7,9,13-14H,4,6,8,10-12,17H2,1-3,5H3/b9-7-,15-13?,19-16?. The van der Waals surface area contributed by atoms with E-state index < -0.39 is 0 Å². The molecular formula is C16H30N4. The number of allylic oxidation sites excluding steroid dienone is 2. The van der Waals surface area contributed by atoms with E-state index in [0.29, 0.717) is 11.5 Å². The van der Waals surface area contributed by atoms with Crippen LogP contribution in [0.25, 0.3) is 0 Å². The van der Waals surface area contributed by atoms with Crippen LogP contribution in [0.5, 0.6) is 0 Å². The number of hydrogen-bond acceptors (Lipinski definition) is 3. The van der Waals surface area contributed by atoms with Crippen LogP contribution in [-0.4, -0.2) is 43.6 Å². The molecule has 0 aromatic heterocycles.